The van der Waals surface area contributed by atoms with Crippen molar-refractivity contribution in [3.05, 3.63) is 54.4 Å². The van der Waals surface area contributed by atoms with Gasteiger partial charge in [0.15, 0.2) is 0 Å². The highest BCUT2D eigenvalue weighted by Gasteiger charge is 2.18. The summed E-state index contributed by atoms with van der Waals surface area (Å²) in [5.74, 6) is 1.26. The minimum Gasteiger partial charge on any atom is -0.496 e. The lowest BCUT2D eigenvalue weighted by molar-refractivity contribution is -0.123. The fourth-order valence-corrected chi connectivity index (χ4v) is 2.84. The van der Waals surface area contributed by atoms with E-state index in [0.717, 1.165) is 16.6 Å². The maximum Gasteiger partial charge on any atom is 0.243 e. The highest BCUT2D eigenvalue weighted by atomic mass is 16.5. The summed E-state index contributed by atoms with van der Waals surface area (Å²) < 4.78 is 12.6. The zero-order valence-corrected chi connectivity index (χ0v) is 14.5. The van der Waals surface area contributed by atoms with Gasteiger partial charge in [0.05, 0.1) is 43.7 Å². The fraction of sp³-hybridized carbons (Fsp3) is 0.263. The van der Waals surface area contributed by atoms with Gasteiger partial charge in [-0.2, -0.15) is 0 Å². The van der Waals surface area contributed by atoms with Crippen LogP contribution >= 0.6 is 0 Å². The Balaban J connectivity index is 1.77. The van der Waals surface area contributed by atoms with Crippen molar-refractivity contribution in [3.63, 3.8) is 0 Å². The Kier molecular flexibility index (Phi) is 4.88. The number of amides is 1. The zero-order valence-electron chi connectivity index (χ0n) is 14.5. The van der Waals surface area contributed by atoms with Crippen LogP contribution in [-0.2, 0) is 11.3 Å². The van der Waals surface area contributed by atoms with Crippen LogP contribution in [0.3, 0.4) is 0 Å². The van der Waals surface area contributed by atoms with Crippen LogP contribution in [0.4, 0.5) is 0 Å². The number of nitrogens with zero attached hydrogens (tertiary/aromatic N) is 2. The van der Waals surface area contributed by atoms with E-state index < -0.39 is 0 Å². The van der Waals surface area contributed by atoms with E-state index >= 15 is 0 Å². The number of fused-ring (bicyclic) bond motifs is 1. The van der Waals surface area contributed by atoms with E-state index in [1.165, 1.54) is 0 Å². The van der Waals surface area contributed by atoms with Crippen molar-refractivity contribution in [2.24, 2.45) is 0 Å². The summed E-state index contributed by atoms with van der Waals surface area (Å²) in [6, 6.07) is 12.9. The molecule has 130 valence electrons. The van der Waals surface area contributed by atoms with Crippen LogP contribution in [0, 0.1) is 0 Å². The third-order valence-electron chi connectivity index (χ3n) is 4.25. The standard InChI is InChI=1S/C19H21N3O3/c1-13(22-12-21-15-7-4-5-8-16(15)22)19(23)20-11-14-17(24-2)9-6-10-18(14)25-3/h4-10,12-13H,11H2,1-3H3,(H,20,23)/t13-/m1/s1. The predicted molar refractivity (Wildman–Crippen MR) is 95.8 cm³/mol. The number of imidazole rings is 1. The smallest absolute Gasteiger partial charge is 0.243 e. The monoisotopic (exact) mass is 339 g/mol. The van der Waals surface area contributed by atoms with Gasteiger partial charge < -0.3 is 19.4 Å². The highest BCUT2D eigenvalue weighted by Crippen LogP contribution is 2.28. The second-order valence-electron chi connectivity index (χ2n) is 5.68. The van der Waals surface area contributed by atoms with Crippen LogP contribution in [0.2, 0.25) is 0 Å². The van der Waals surface area contributed by atoms with Crippen LogP contribution in [0.1, 0.15) is 18.5 Å². The average molecular weight is 339 g/mol. The quantitative estimate of drug-likeness (QED) is 0.750. The molecule has 1 heterocycles. The maximum atomic E-state index is 12.6. The van der Waals surface area contributed by atoms with E-state index in [4.69, 9.17) is 9.47 Å². The lowest BCUT2D eigenvalue weighted by atomic mass is 10.1. The molecule has 3 aromatic rings. The average Bonchev–Trinajstić information content (AvgIpc) is 3.09. The van der Waals surface area contributed by atoms with Gasteiger partial charge in [0.2, 0.25) is 5.91 Å². The molecule has 6 heteroatoms. The molecule has 0 unspecified atom stereocenters. The van der Waals surface area contributed by atoms with E-state index in [0.29, 0.717) is 18.0 Å². The molecule has 25 heavy (non-hydrogen) atoms. The third-order valence-corrected chi connectivity index (χ3v) is 4.25. The number of benzene rings is 2. The molecule has 1 amide bonds. The van der Waals surface area contributed by atoms with Gasteiger partial charge in [0.1, 0.15) is 17.5 Å². The van der Waals surface area contributed by atoms with Crippen LogP contribution in [0.15, 0.2) is 48.8 Å². The first kappa shape index (κ1) is 16.8. The number of methoxy groups -OCH3 is 2. The number of para-hydroxylation sites is 2. The predicted octanol–water partition coefficient (Wildman–Crippen LogP) is 2.93. The summed E-state index contributed by atoms with van der Waals surface area (Å²) in [5, 5.41) is 2.95. The molecule has 0 radical (unpaired) electrons. The van der Waals surface area contributed by atoms with Gasteiger partial charge in [0.25, 0.3) is 0 Å². The number of carbonyl (C=O) groups excluding carboxylic acids is 1. The molecule has 0 saturated carbocycles. The molecular formula is C19H21N3O3. The Bertz CT molecular complexity index is 866. The Morgan fingerprint density at radius 3 is 2.48 bits per heavy atom. The van der Waals surface area contributed by atoms with Gasteiger partial charge in [-0.05, 0) is 31.2 Å². The van der Waals surface area contributed by atoms with Crippen molar-refractivity contribution in [3.8, 4) is 11.5 Å². The Hall–Kier alpha value is -3.02. The number of aromatic nitrogens is 2. The minimum atomic E-state index is -0.381. The van der Waals surface area contributed by atoms with Crippen molar-refractivity contribution in [2.75, 3.05) is 14.2 Å². The molecule has 0 saturated heterocycles. The topological polar surface area (TPSA) is 65.4 Å². The van der Waals surface area contributed by atoms with E-state index in [9.17, 15) is 4.79 Å². The van der Waals surface area contributed by atoms with E-state index in [2.05, 4.69) is 10.3 Å². The molecule has 0 aliphatic heterocycles. The Morgan fingerprint density at radius 2 is 1.80 bits per heavy atom. The summed E-state index contributed by atoms with van der Waals surface area (Å²) in [6.07, 6.45) is 1.69. The van der Waals surface area contributed by atoms with Gasteiger partial charge in [-0.3, -0.25) is 4.79 Å². The molecule has 0 aliphatic rings. The van der Waals surface area contributed by atoms with E-state index in [1.807, 2.05) is 54.0 Å². The van der Waals surface area contributed by atoms with Crippen molar-refractivity contribution in [2.45, 2.75) is 19.5 Å². The van der Waals surface area contributed by atoms with Gasteiger partial charge in [-0.1, -0.05) is 18.2 Å². The first-order valence-corrected chi connectivity index (χ1v) is 8.05. The molecule has 0 fully saturated rings. The molecular weight excluding hydrogens is 318 g/mol. The Labute approximate surface area is 146 Å². The van der Waals surface area contributed by atoms with Crippen LogP contribution in [0.5, 0.6) is 11.5 Å². The van der Waals surface area contributed by atoms with Crippen molar-refractivity contribution < 1.29 is 14.3 Å². The number of rotatable bonds is 6. The van der Waals surface area contributed by atoms with Crippen LogP contribution in [-0.4, -0.2) is 29.7 Å². The second kappa shape index (κ2) is 7.25. The van der Waals surface area contributed by atoms with Gasteiger partial charge in [-0.15, -0.1) is 0 Å². The highest BCUT2D eigenvalue weighted by molar-refractivity contribution is 5.83. The normalized spacial score (nSPS) is 12.0. The largest absolute Gasteiger partial charge is 0.496 e. The zero-order chi connectivity index (χ0) is 17.8. The molecule has 1 atom stereocenters. The lowest BCUT2D eigenvalue weighted by Crippen LogP contribution is -2.30. The number of ether oxygens (including phenoxy) is 2. The van der Waals surface area contributed by atoms with Crippen molar-refractivity contribution in [1.29, 1.82) is 0 Å². The molecule has 0 spiro atoms. The molecule has 3 rings (SSSR count). The summed E-state index contributed by atoms with van der Waals surface area (Å²) in [7, 11) is 3.20. The first-order valence-electron chi connectivity index (χ1n) is 8.05. The fourth-order valence-electron chi connectivity index (χ4n) is 2.84. The Morgan fingerprint density at radius 1 is 1.12 bits per heavy atom. The maximum absolute atomic E-state index is 12.6. The van der Waals surface area contributed by atoms with Crippen molar-refractivity contribution in [1.82, 2.24) is 14.9 Å². The first-order chi connectivity index (χ1) is 12.2. The van der Waals surface area contributed by atoms with Crippen LogP contribution < -0.4 is 14.8 Å². The number of nitrogens with one attached hydrogen (secondary N) is 1. The van der Waals surface area contributed by atoms with Crippen LogP contribution in [0.25, 0.3) is 11.0 Å². The summed E-state index contributed by atoms with van der Waals surface area (Å²) in [4.78, 5) is 17.0. The van der Waals surface area contributed by atoms with Crippen molar-refractivity contribution >= 4 is 16.9 Å². The van der Waals surface area contributed by atoms with E-state index in [1.54, 1.807) is 20.5 Å². The van der Waals surface area contributed by atoms with Gasteiger partial charge in [-0.25, -0.2) is 4.98 Å². The molecule has 0 bridgehead atoms. The SMILES string of the molecule is COc1cccc(OC)c1CNC(=O)[C@@H](C)n1cnc2ccccc21. The van der Waals surface area contributed by atoms with E-state index in [-0.39, 0.29) is 11.9 Å². The van der Waals surface area contributed by atoms with Gasteiger partial charge >= 0.3 is 0 Å². The summed E-state index contributed by atoms with van der Waals surface area (Å²) in [5.41, 5.74) is 2.61. The minimum absolute atomic E-state index is 0.101. The third kappa shape index (κ3) is 3.28. The molecule has 1 aromatic heterocycles. The number of hydrogen-bond acceptors (Lipinski definition) is 4. The number of hydrogen-bond donors (Lipinski definition) is 1. The van der Waals surface area contributed by atoms with Gasteiger partial charge in [0, 0.05) is 0 Å². The molecule has 6 nitrogen and oxygen atoms in total. The summed E-state index contributed by atoms with van der Waals surface area (Å²) >= 11 is 0. The molecule has 2 aromatic carbocycles. The lowest BCUT2D eigenvalue weighted by Gasteiger charge is -2.17. The molecule has 0 aliphatic carbocycles. The second-order valence-corrected chi connectivity index (χ2v) is 5.68. The number of carbonyl (C=O) groups is 1. The molecule has 1 N–H and O–H groups in total. The summed E-state index contributed by atoms with van der Waals surface area (Å²) in [6.45, 7) is 2.17.